The van der Waals surface area contributed by atoms with Crippen molar-refractivity contribution in [3.05, 3.63) is 46.3 Å². The number of methoxy groups -OCH3 is 1. The lowest BCUT2D eigenvalue weighted by atomic mass is 10.2. The van der Waals surface area contributed by atoms with Gasteiger partial charge in [0.05, 0.1) is 19.4 Å². The molecule has 0 aliphatic heterocycles. The van der Waals surface area contributed by atoms with Gasteiger partial charge in [-0.3, -0.25) is 4.79 Å². The van der Waals surface area contributed by atoms with Gasteiger partial charge >= 0.3 is 5.95 Å². The number of benzene rings is 1. The van der Waals surface area contributed by atoms with Crippen molar-refractivity contribution in [2.45, 2.75) is 13.5 Å². The Morgan fingerprint density at radius 3 is 2.70 bits per heavy atom. The van der Waals surface area contributed by atoms with Crippen molar-refractivity contribution in [1.29, 1.82) is 0 Å². The van der Waals surface area contributed by atoms with E-state index in [2.05, 4.69) is 20.6 Å². The Kier molecular flexibility index (Phi) is 4.97. The summed E-state index contributed by atoms with van der Waals surface area (Å²) >= 11 is 0. The molecule has 10 heteroatoms. The van der Waals surface area contributed by atoms with Crippen LogP contribution in [0.15, 0.2) is 35.7 Å². The first kappa shape index (κ1) is 16.1. The molecule has 0 atom stereocenters. The Balaban J connectivity index is 1.94. The number of carbonyl (C=O) groups excluding carboxylic acids is 1. The minimum absolute atomic E-state index is 0.170. The molecule has 1 aromatic heterocycles. The van der Waals surface area contributed by atoms with Crippen molar-refractivity contribution < 1.29 is 14.5 Å². The van der Waals surface area contributed by atoms with E-state index in [0.717, 1.165) is 0 Å². The first-order chi connectivity index (χ1) is 11.0. The van der Waals surface area contributed by atoms with Crippen molar-refractivity contribution in [3.63, 3.8) is 0 Å². The highest BCUT2D eigenvalue weighted by molar-refractivity contribution is 5.95. The van der Waals surface area contributed by atoms with Crippen LogP contribution >= 0.6 is 0 Å². The zero-order valence-electron chi connectivity index (χ0n) is 12.5. The van der Waals surface area contributed by atoms with Gasteiger partial charge in [0.15, 0.2) is 0 Å². The van der Waals surface area contributed by atoms with E-state index in [1.807, 2.05) is 0 Å². The summed E-state index contributed by atoms with van der Waals surface area (Å²) in [4.78, 5) is 25.2. The second-order valence-electron chi connectivity index (χ2n) is 4.52. The Bertz CT molecular complexity index is 737. The molecule has 0 unspecified atom stereocenters. The number of carbonyl (C=O) groups is 1. The van der Waals surface area contributed by atoms with Crippen LogP contribution in [0.25, 0.3) is 0 Å². The molecular formula is C13H14N6O4. The van der Waals surface area contributed by atoms with E-state index in [-0.39, 0.29) is 12.5 Å². The van der Waals surface area contributed by atoms with Gasteiger partial charge < -0.3 is 14.9 Å². The molecule has 0 aliphatic rings. The third-order valence-corrected chi connectivity index (χ3v) is 2.78. The second-order valence-corrected chi connectivity index (χ2v) is 4.52. The van der Waals surface area contributed by atoms with Crippen molar-refractivity contribution >= 4 is 17.6 Å². The van der Waals surface area contributed by atoms with Crippen LogP contribution in [0, 0.1) is 10.1 Å². The molecular weight excluding hydrogens is 304 g/mol. The lowest BCUT2D eigenvalue weighted by Crippen LogP contribution is -2.20. The highest BCUT2D eigenvalue weighted by Crippen LogP contribution is 2.11. The minimum Gasteiger partial charge on any atom is -0.497 e. The van der Waals surface area contributed by atoms with E-state index in [9.17, 15) is 14.9 Å². The van der Waals surface area contributed by atoms with E-state index in [1.54, 1.807) is 31.2 Å². The zero-order valence-corrected chi connectivity index (χ0v) is 12.5. The quantitative estimate of drug-likeness (QED) is 0.481. The number of amides is 1. The maximum absolute atomic E-state index is 11.9. The molecule has 10 nitrogen and oxygen atoms in total. The Morgan fingerprint density at radius 2 is 2.13 bits per heavy atom. The number of hydrogen-bond donors (Lipinski definition) is 1. The summed E-state index contributed by atoms with van der Waals surface area (Å²) < 4.78 is 6.27. The number of rotatable bonds is 6. The van der Waals surface area contributed by atoms with Crippen molar-refractivity contribution in [2.75, 3.05) is 7.11 Å². The monoisotopic (exact) mass is 318 g/mol. The van der Waals surface area contributed by atoms with Gasteiger partial charge in [0.1, 0.15) is 5.75 Å². The molecule has 1 amide bonds. The van der Waals surface area contributed by atoms with Crippen LogP contribution in [0.4, 0.5) is 5.95 Å². The summed E-state index contributed by atoms with van der Waals surface area (Å²) in [6, 6.07) is 6.56. The smallest absolute Gasteiger partial charge is 0.490 e. The van der Waals surface area contributed by atoms with E-state index in [1.165, 1.54) is 18.1 Å². The molecule has 2 rings (SSSR count). The summed E-state index contributed by atoms with van der Waals surface area (Å²) in [7, 11) is 1.54. The fourth-order valence-electron chi connectivity index (χ4n) is 1.67. The molecule has 0 aliphatic carbocycles. The topological polar surface area (TPSA) is 125 Å². The molecule has 1 heterocycles. The van der Waals surface area contributed by atoms with Crippen molar-refractivity contribution in [2.24, 2.45) is 5.10 Å². The molecule has 2 aromatic rings. The minimum atomic E-state index is -0.686. The van der Waals surface area contributed by atoms with Crippen LogP contribution < -0.4 is 10.2 Å². The van der Waals surface area contributed by atoms with Crippen LogP contribution in [0.2, 0.25) is 0 Å². The number of hydrazone groups is 1. The summed E-state index contributed by atoms with van der Waals surface area (Å²) in [5.74, 6) is -0.217. The van der Waals surface area contributed by atoms with Gasteiger partial charge in [0, 0.05) is 10.7 Å². The van der Waals surface area contributed by atoms with Crippen LogP contribution in [0.3, 0.4) is 0 Å². The van der Waals surface area contributed by atoms with Crippen molar-refractivity contribution in [3.8, 4) is 5.75 Å². The molecule has 0 spiro atoms. The molecule has 120 valence electrons. The molecule has 1 N–H and O–H groups in total. The van der Waals surface area contributed by atoms with Gasteiger partial charge in [-0.1, -0.05) is 4.98 Å². The Hall–Kier alpha value is -3.30. The third kappa shape index (κ3) is 4.33. The van der Waals surface area contributed by atoms with Crippen LogP contribution in [-0.2, 0) is 6.54 Å². The SMILES string of the molecule is COc1ccc(C(=O)N/N=C(/C)Cn2cnc([N+](=O)[O-])n2)cc1. The fraction of sp³-hybridized carbons (Fsp3) is 0.231. The molecule has 23 heavy (non-hydrogen) atoms. The zero-order chi connectivity index (χ0) is 16.8. The van der Waals surface area contributed by atoms with E-state index in [4.69, 9.17) is 4.74 Å². The first-order valence-electron chi connectivity index (χ1n) is 6.51. The summed E-state index contributed by atoms with van der Waals surface area (Å²) in [5.41, 5.74) is 3.33. The summed E-state index contributed by atoms with van der Waals surface area (Å²) in [6.07, 6.45) is 1.22. The fourth-order valence-corrected chi connectivity index (χ4v) is 1.67. The van der Waals surface area contributed by atoms with Crippen LogP contribution in [-0.4, -0.2) is 38.4 Å². The van der Waals surface area contributed by atoms with Crippen LogP contribution in [0.1, 0.15) is 17.3 Å². The number of nitro groups is 1. The normalized spacial score (nSPS) is 11.1. The summed E-state index contributed by atoms with van der Waals surface area (Å²) in [5, 5.41) is 18.1. The maximum Gasteiger partial charge on any atom is 0.490 e. The van der Waals surface area contributed by atoms with Gasteiger partial charge in [0.25, 0.3) is 5.91 Å². The predicted octanol–water partition coefficient (Wildman–Crippen LogP) is 1.00. The van der Waals surface area contributed by atoms with Gasteiger partial charge in [-0.25, -0.2) is 5.43 Å². The number of ether oxygens (including phenoxy) is 1. The Morgan fingerprint density at radius 1 is 1.43 bits per heavy atom. The number of hydrogen-bond acceptors (Lipinski definition) is 7. The molecule has 0 bridgehead atoms. The molecule has 1 aromatic carbocycles. The maximum atomic E-state index is 11.9. The highest BCUT2D eigenvalue weighted by atomic mass is 16.6. The molecule has 0 saturated carbocycles. The lowest BCUT2D eigenvalue weighted by Gasteiger charge is -2.03. The third-order valence-electron chi connectivity index (χ3n) is 2.78. The summed E-state index contributed by atoms with van der Waals surface area (Å²) in [6.45, 7) is 1.82. The number of aromatic nitrogens is 3. The van der Waals surface area contributed by atoms with E-state index < -0.39 is 10.9 Å². The average molecular weight is 318 g/mol. The van der Waals surface area contributed by atoms with Gasteiger partial charge in [0.2, 0.25) is 6.33 Å². The highest BCUT2D eigenvalue weighted by Gasteiger charge is 2.13. The largest absolute Gasteiger partial charge is 0.497 e. The van der Waals surface area contributed by atoms with Gasteiger partial charge in [-0.05, 0) is 36.1 Å². The van der Waals surface area contributed by atoms with Crippen LogP contribution in [0.5, 0.6) is 5.75 Å². The predicted molar refractivity (Wildman–Crippen MR) is 80.2 cm³/mol. The molecule has 0 radical (unpaired) electrons. The number of nitrogens with one attached hydrogen (secondary N) is 1. The number of nitrogens with zero attached hydrogens (tertiary/aromatic N) is 5. The Labute approximate surface area is 130 Å². The standard InChI is InChI=1S/C13H14N6O4/c1-9(7-18-8-14-13(17-18)19(21)22)15-16-12(20)10-3-5-11(23-2)6-4-10/h3-6,8H,7H2,1-2H3,(H,16,20)/b15-9-. The average Bonchev–Trinajstić information content (AvgIpc) is 3.01. The lowest BCUT2D eigenvalue weighted by molar-refractivity contribution is -0.394. The van der Waals surface area contributed by atoms with Gasteiger partial charge in [-0.2, -0.15) is 9.78 Å². The van der Waals surface area contributed by atoms with E-state index >= 15 is 0 Å². The second kappa shape index (κ2) is 7.11. The first-order valence-corrected chi connectivity index (χ1v) is 6.51. The molecule has 0 fully saturated rings. The van der Waals surface area contributed by atoms with Crippen molar-refractivity contribution in [1.82, 2.24) is 20.2 Å². The van der Waals surface area contributed by atoms with Gasteiger partial charge in [-0.15, -0.1) is 0 Å². The molecule has 0 saturated heterocycles. The van der Waals surface area contributed by atoms with E-state index in [0.29, 0.717) is 17.0 Å².